The normalized spacial score (nSPS) is 23.9. The number of nitrogens with one attached hydrogen (secondary N) is 1. The highest BCUT2D eigenvalue weighted by molar-refractivity contribution is 5.32. The van der Waals surface area contributed by atoms with Crippen molar-refractivity contribution in [3.63, 3.8) is 0 Å². The zero-order valence-electron chi connectivity index (χ0n) is 12.0. The minimum absolute atomic E-state index is 0.544. The van der Waals surface area contributed by atoms with Crippen molar-refractivity contribution in [2.24, 2.45) is 5.41 Å². The molecule has 0 aliphatic heterocycles. The molecule has 1 aromatic rings. The van der Waals surface area contributed by atoms with Gasteiger partial charge in [0.1, 0.15) is 0 Å². The molecule has 2 nitrogen and oxygen atoms in total. The second-order valence-electron chi connectivity index (χ2n) is 6.27. The Labute approximate surface area is 116 Å². The Morgan fingerprint density at radius 1 is 1.32 bits per heavy atom. The molecule has 0 saturated heterocycles. The van der Waals surface area contributed by atoms with Crippen molar-refractivity contribution in [2.45, 2.75) is 44.6 Å². The van der Waals surface area contributed by atoms with E-state index in [-0.39, 0.29) is 0 Å². The zero-order valence-corrected chi connectivity index (χ0v) is 12.0. The van der Waals surface area contributed by atoms with E-state index in [9.17, 15) is 0 Å². The number of hydrogen-bond donors (Lipinski definition) is 1. The quantitative estimate of drug-likeness (QED) is 0.844. The summed E-state index contributed by atoms with van der Waals surface area (Å²) in [6.45, 7) is 2.07. The summed E-state index contributed by atoms with van der Waals surface area (Å²) in [7, 11) is 1.81. The van der Waals surface area contributed by atoms with Crippen LogP contribution in [0.15, 0.2) is 24.3 Å². The molecule has 0 bridgehead atoms. The Balaban J connectivity index is 1.59. The van der Waals surface area contributed by atoms with E-state index < -0.39 is 0 Å². The van der Waals surface area contributed by atoms with Crippen LogP contribution in [-0.2, 0) is 11.2 Å². The molecule has 2 aliphatic carbocycles. The fraction of sp³-hybridized carbons (Fsp3) is 0.647. The smallest absolute Gasteiger partial charge is 0.0468 e. The summed E-state index contributed by atoms with van der Waals surface area (Å²) >= 11 is 0. The Kier molecular flexibility index (Phi) is 3.90. The van der Waals surface area contributed by atoms with Crippen molar-refractivity contribution in [3.8, 4) is 0 Å². The van der Waals surface area contributed by atoms with Gasteiger partial charge in [-0.05, 0) is 55.1 Å². The molecule has 2 aliphatic rings. The van der Waals surface area contributed by atoms with Gasteiger partial charge in [-0.25, -0.2) is 0 Å². The molecule has 0 radical (unpaired) electrons. The maximum atomic E-state index is 5.24. The summed E-state index contributed by atoms with van der Waals surface area (Å²) in [4.78, 5) is 0. The Bertz CT molecular complexity index is 425. The molecule has 1 N–H and O–H groups in total. The van der Waals surface area contributed by atoms with Crippen molar-refractivity contribution in [3.05, 3.63) is 35.4 Å². The molecule has 3 rings (SSSR count). The number of rotatable bonds is 6. The summed E-state index contributed by atoms with van der Waals surface area (Å²) in [5, 5.41) is 3.83. The van der Waals surface area contributed by atoms with Crippen molar-refractivity contribution in [1.82, 2.24) is 5.32 Å². The van der Waals surface area contributed by atoms with Gasteiger partial charge in [0.15, 0.2) is 0 Å². The Hall–Kier alpha value is -0.860. The number of benzene rings is 1. The number of aryl methyl sites for hydroxylation is 1. The first kappa shape index (κ1) is 13.1. The maximum Gasteiger partial charge on any atom is 0.0468 e. The van der Waals surface area contributed by atoms with Gasteiger partial charge in [0.2, 0.25) is 0 Å². The second-order valence-corrected chi connectivity index (χ2v) is 6.27. The topological polar surface area (TPSA) is 21.3 Å². The van der Waals surface area contributed by atoms with Gasteiger partial charge in [-0.3, -0.25) is 0 Å². The lowest BCUT2D eigenvalue weighted by Gasteiger charge is -2.28. The molecule has 2 heteroatoms. The van der Waals surface area contributed by atoms with Gasteiger partial charge in [0, 0.05) is 26.3 Å². The third-order valence-electron chi connectivity index (χ3n) is 4.89. The van der Waals surface area contributed by atoms with Crippen LogP contribution in [0.1, 0.15) is 49.3 Å². The van der Waals surface area contributed by atoms with Gasteiger partial charge in [-0.2, -0.15) is 0 Å². The zero-order chi connectivity index (χ0) is 13.1. The number of hydrogen-bond acceptors (Lipinski definition) is 2. The van der Waals surface area contributed by atoms with Crippen LogP contribution in [0.3, 0.4) is 0 Å². The van der Waals surface area contributed by atoms with E-state index in [1.165, 1.54) is 44.1 Å². The van der Waals surface area contributed by atoms with Crippen molar-refractivity contribution in [1.29, 1.82) is 0 Å². The van der Waals surface area contributed by atoms with Crippen LogP contribution in [0.25, 0.3) is 0 Å². The molecule has 1 fully saturated rings. The van der Waals surface area contributed by atoms with E-state index in [2.05, 4.69) is 29.6 Å². The molecule has 1 atom stereocenters. The Morgan fingerprint density at radius 2 is 2.16 bits per heavy atom. The fourth-order valence-electron chi connectivity index (χ4n) is 3.32. The Morgan fingerprint density at radius 3 is 2.95 bits per heavy atom. The van der Waals surface area contributed by atoms with Crippen molar-refractivity contribution < 1.29 is 4.74 Å². The predicted octanol–water partition coefficient (Wildman–Crippen LogP) is 3.47. The predicted molar refractivity (Wildman–Crippen MR) is 78.3 cm³/mol. The summed E-state index contributed by atoms with van der Waals surface area (Å²) in [5.41, 5.74) is 3.63. The summed E-state index contributed by atoms with van der Waals surface area (Å²) in [6, 6.07) is 9.52. The summed E-state index contributed by atoms with van der Waals surface area (Å²) in [6.07, 6.45) is 7.82. The van der Waals surface area contributed by atoms with E-state index in [0.29, 0.717) is 11.5 Å². The molecule has 1 unspecified atom stereocenters. The highest BCUT2D eigenvalue weighted by Crippen LogP contribution is 2.48. The maximum absolute atomic E-state index is 5.24. The highest BCUT2D eigenvalue weighted by Gasteiger charge is 2.42. The van der Waals surface area contributed by atoms with E-state index >= 15 is 0 Å². The van der Waals surface area contributed by atoms with E-state index in [1.807, 2.05) is 0 Å². The van der Waals surface area contributed by atoms with Crippen LogP contribution >= 0.6 is 0 Å². The minimum atomic E-state index is 0.544. The van der Waals surface area contributed by atoms with E-state index in [0.717, 1.165) is 13.2 Å². The molecule has 19 heavy (non-hydrogen) atoms. The molecule has 0 aromatic heterocycles. The van der Waals surface area contributed by atoms with Gasteiger partial charge in [-0.15, -0.1) is 0 Å². The lowest BCUT2D eigenvalue weighted by atomic mass is 9.87. The van der Waals surface area contributed by atoms with Gasteiger partial charge in [0.25, 0.3) is 0 Å². The minimum Gasteiger partial charge on any atom is -0.385 e. The van der Waals surface area contributed by atoms with Crippen LogP contribution < -0.4 is 5.32 Å². The van der Waals surface area contributed by atoms with Crippen LogP contribution in [0.5, 0.6) is 0 Å². The second kappa shape index (κ2) is 5.64. The molecular formula is C17H25NO. The third-order valence-corrected chi connectivity index (χ3v) is 4.89. The molecule has 0 heterocycles. The van der Waals surface area contributed by atoms with Crippen LogP contribution in [0.2, 0.25) is 0 Å². The summed E-state index contributed by atoms with van der Waals surface area (Å²) < 4.78 is 5.24. The van der Waals surface area contributed by atoms with Gasteiger partial charge < -0.3 is 10.1 Å². The van der Waals surface area contributed by atoms with Crippen LogP contribution in [0, 0.1) is 5.41 Å². The standard InChI is InChI=1S/C17H25NO/c1-19-12-11-17(9-10-17)13-18-16-8-4-6-14-5-2-3-7-15(14)16/h2-3,5,7,16,18H,4,6,8-13H2,1H3. The average molecular weight is 259 g/mol. The first-order valence-corrected chi connectivity index (χ1v) is 7.63. The van der Waals surface area contributed by atoms with E-state index in [1.54, 1.807) is 12.7 Å². The van der Waals surface area contributed by atoms with Gasteiger partial charge in [-0.1, -0.05) is 24.3 Å². The molecule has 104 valence electrons. The molecule has 1 saturated carbocycles. The molecule has 1 aromatic carbocycles. The van der Waals surface area contributed by atoms with Crippen molar-refractivity contribution in [2.75, 3.05) is 20.3 Å². The van der Waals surface area contributed by atoms with Crippen molar-refractivity contribution >= 4 is 0 Å². The average Bonchev–Trinajstić information content (AvgIpc) is 3.23. The van der Waals surface area contributed by atoms with E-state index in [4.69, 9.17) is 4.74 Å². The molecule has 0 amide bonds. The molecule has 0 spiro atoms. The first-order chi connectivity index (χ1) is 9.33. The van der Waals surface area contributed by atoms with Gasteiger partial charge in [0.05, 0.1) is 0 Å². The largest absolute Gasteiger partial charge is 0.385 e. The number of ether oxygens (including phenoxy) is 1. The fourth-order valence-corrected chi connectivity index (χ4v) is 3.32. The first-order valence-electron chi connectivity index (χ1n) is 7.63. The van der Waals surface area contributed by atoms with Crippen LogP contribution in [-0.4, -0.2) is 20.3 Å². The molecular weight excluding hydrogens is 234 g/mol. The SMILES string of the molecule is COCCC1(CNC2CCCc3ccccc32)CC1. The lowest BCUT2D eigenvalue weighted by Crippen LogP contribution is -2.31. The summed E-state index contributed by atoms with van der Waals surface area (Å²) in [5.74, 6) is 0. The highest BCUT2D eigenvalue weighted by atomic mass is 16.5. The van der Waals surface area contributed by atoms with Gasteiger partial charge >= 0.3 is 0 Å². The lowest BCUT2D eigenvalue weighted by molar-refractivity contribution is 0.169. The number of fused-ring (bicyclic) bond motifs is 1. The third kappa shape index (κ3) is 3.01. The number of methoxy groups -OCH3 is 1. The monoisotopic (exact) mass is 259 g/mol. The van der Waals surface area contributed by atoms with Crippen LogP contribution in [0.4, 0.5) is 0 Å².